The molecule has 12 heteroatoms. The number of rotatable bonds is 16. The average molecular weight is 418 g/mol. The van der Waals surface area contributed by atoms with Crippen LogP contribution in [-0.2, 0) is 10.0 Å². The maximum absolute atomic E-state index is 11.1. The molecule has 0 aliphatic heterocycles. The third-order valence-corrected chi connectivity index (χ3v) is 4.58. The van der Waals surface area contributed by atoms with E-state index in [0.717, 1.165) is 45.5 Å². The second-order valence-corrected chi connectivity index (χ2v) is 7.97. The van der Waals surface area contributed by atoms with Crippen molar-refractivity contribution in [3.8, 4) is 0 Å². The Kier molecular flexibility index (Phi) is 11.6. The van der Waals surface area contributed by atoms with Gasteiger partial charge in [-0.25, -0.2) is 13.1 Å². The third-order valence-electron chi connectivity index (χ3n) is 3.85. The van der Waals surface area contributed by atoms with Crippen molar-refractivity contribution in [1.29, 1.82) is 0 Å². The van der Waals surface area contributed by atoms with Crippen molar-refractivity contribution in [3.05, 3.63) is 0 Å². The first-order valence-corrected chi connectivity index (χ1v) is 11.6. The second-order valence-electron chi connectivity index (χ2n) is 6.13. The SMILES string of the molecule is CCNCCNc1nc(NCCNS(C)(=O)=O)nc(NCCN(CC)CC)n1. The van der Waals surface area contributed by atoms with E-state index in [-0.39, 0.29) is 6.54 Å². The van der Waals surface area contributed by atoms with Crippen LogP contribution < -0.4 is 26.0 Å². The van der Waals surface area contributed by atoms with Gasteiger partial charge < -0.3 is 26.2 Å². The molecule has 1 aromatic rings. The fourth-order valence-corrected chi connectivity index (χ4v) is 2.80. The highest BCUT2D eigenvalue weighted by molar-refractivity contribution is 7.88. The highest BCUT2D eigenvalue weighted by atomic mass is 32.2. The van der Waals surface area contributed by atoms with Crippen molar-refractivity contribution in [2.75, 3.05) is 81.1 Å². The minimum absolute atomic E-state index is 0.248. The summed E-state index contributed by atoms with van der Waals surface area (Å²) < 4.78 is 24.7. The Morgan fingerprint density at radius 2 is 1.29 bits per heavy atom. The number of hydrogen-bond donors (Lipinski definition) is 5. The van der Waals surface area contributed by atoms with E-state index in [1.807, 2.05) is 6.92 Å². The molecule has 0 radical (unpaired) electrons. The molecule has 1 rings (SSSR count). The van der Waals surface area contributed by atoms with E-state index in [9.17, 15) is 8.42 Å². The quantitative estimate of drug-likeness (QED) is 0.226. The highest BCUT2D eigenvalue weighted by Gasteiger charge is 2.07. The highest BCUT2D eigenvalue weighted by Crippen LogP contribution is 2.09. The van der Waals surface area contributed by atoms with E-state index in [1.165, 1.54) is 0 Å². The summed E-state index contributed by atoms with van der Waals surface area (Å²) >= 11 is 0. The minimum Gasteiger partial charge on any atom is -0.353 e. The van der Waals surface area contributed by atoms with Crippen molar-refractivity contribution >= 4 is 27.9 Å². The smallest absolute Gasteiger partial charge is 0.229 e. The van der Waals surface area contributed by atoms with Gasteiger partial charge in [-0.1, -0.05) is 20.8 Å². The molecular weight excluding hydrogens is 382 g/mol. The van der Waals surface area contributed by atoms with Crippen LogP contribution in [0.15, 0.2) is 0 Å². The van der Waals surface area contributed by atoms with Gasteiger partial charge in [0.15, 0.2) is 0 Å². The topological polar surface area (TPSA) is 136 Å². The zero-order valence-corrected chi connectivity index (χ0v) is 18.2. The van der Waals surface area contributed by atoms with Crippen LogP contribution in [0.1, 0.15) is 20.8 Å². The molecule has 0 amide bonds. The first-order valence-electron chi connectivity index (χ1n) is 9.73. The standard InChI is InChI=1S/C16H35N9O2S/c1-5-17-8-9-18-14-22-15(19-10-11-21-28(4,26)27)24-16(23-14)20-12-13-25(6-2)7-3/h17,21H,5-13H2,1-4H3,(H3,18,19,20,22,23,24). The van der Waals surface area contributed by atoms with Crippen LogP contribution >= 0.6 is 0 Å². The lowest BCUT2D eigenvalue weighted by molar-refractivity contribution is 0.316. The average Bonchev–Trinajstić information content (AvgIpc) is 2.65. The normalized spacial score (nSPS) is 11.6. The Hall–Kier alpha value is -1.76. The molecule has 28 heavy (non-hydrogen) atoms. The molecule has 11 nitrogen and oxygen atoms in total. The van der Waals surface area contributed by atoms with Gasteiger partial charge in [0.1, 0.15) is 0 Å². The van der Waals surface area contributed by atoms with Crippen molar-refractivity contribution < 1.29 is 8.42 Å². The zero-order chi connectivity index (χ0) is 20.8. The van der Waals surface area contributed by atoms with E-state index in [0.29, 0.717) is 30.9 Å². The molecule has 1 aromatic heterocycles. The van der Waals surface area contributed by atoms with Gasteiger partial charge in [0, 0.05) is 39.3 Å². The molecule has 0 aliphatic carbocycles. The zero-order valence-electron chi connectivity index (χ0n) is 17.4. The fraction of sp³-hybridized carbons (Fsp3) is 0.812. The summed E-state index contributed by atoms with van der Waals surface area (Å²) in [5.41, 5.74) is 0. The number of sulfonamides is 1. The molecule has 0 saturated heterocycles. The van der Waals surface area contributed by atoms with Crippen molar-refractivity contribution in [1.82, 2.24) is 29.9 Å². The van der Waals surface area contributed by atoms with Crippen LogP contribution in [0, 0.1) is 0 Å². The molecule has 0 atom stereocenters. The fourth-order valence-electron chi connectivity index (χ4n) is 2.33. The molecular formula is C16H35N9O2S. The summed E-state index contributed by atoms with van der Waals surface area (Å²) in [5, 5.41) is 12.7. The van der Waals surface area contributed by atoms with E-state index in [4.69, 9.17) is 0 Å². The van der Waals surface area contributed by atoms with Crippen LogP contribution in [0.3, 0.4) is 0 Å². The molecule has 0 spiro atoms. The molecule has 5 N–H and O–H groups in total. The van der Waals surface area contributed by atoms with Crippen molar-refractivity contribution in [3.63, 3.8) is 0 Å². The predicted molar refractivity (Wildman–Crippen MR) is 114 cm³/mol. The second kappa shape index (κ2) is 13.4. The van der Waals surface area contributed by atoms with Crippen LogP contribution in [0.4, 0.5) is 17.8 Å². The Bertz CT molecular complexity index is 654. The van der Waals surface area contributed by atoms with E-state index in [2.05, 4.69) is 59.7 Å². The third kappa shape index (κ3) is 11.2. The first kappa shape index (κ1) is 24.3. The molecule has 0 aliphatic rings. The molecule has 162 valence electrons. The molecule has 0 saturated carbocycles. The Labute approximate surface area is 168 Å². The maximum Gasteiger partial charge on any atom is 0.229 e. The Morgan fingerprint density at radius 3 is 1.75 bits per heavy atom. The number of nitrogens with zero attached hydrogens (tertiary/aromatic N) is 4. The van der Waals surface area contributed by atoms with Crippen molar-refractivity contribution in [2.45, 2.75) is 20.8 Å². The van der Waals surface area contributed by atoms with Crippen LogP contribution in [0.2, 0.25) is 0 Å². The number of likely N-dealkylation sites (N-methyl/N-ethyl adjacent to an activating group) is 2. The molecule has 0 bridgehead atoms. The number of hydrogen-bond acceptors (Lipinski definition) is 10. The molecule has 0 fully saturated rings. The van der Waals surface area contributed by atoms with Crippen LogP contribution in [0.25, 0.3) is 0 Å². The van der Waals surface area contributed by atoms with Crippen LogP contribution in [0.5, 0.6) is 0 Å². The predicted octanol–water partition coefficient (Wildman–Crippen LogP) is -0.392. The summed E-state index contributed by atoms with van der Waals surface area (Å²) in [6.07, 6.45) is 1.13. The summed E-state index contributed by atoms with van der Waals surface area (Å²) in [6.45, 7) is 12.9. The van der Waals surface area contributed by atoms with Gasteiger partial charge in [-0.2, -0.15) is 15.0 Å². The van der Waals surface area contributed by atoms with E-state index in [1.54, 1.807) is 0 Å². The lowest BCUT2D eigenvalue weighted by Crippen LogP contribution is -2.29. The van der Waals surface area contributed by atoms with Gasteiger partial charge in [-0.3, -0.25) is 0 Å². The Balaban J connectivity index is 2.67. The van der Waals surface area contributed by atoms with E-state index >= 15 is 0 Å². The van der Waals surface area contributed by atoms with Gasteiger partial charge in [-0.15, -0.1) is 0 Å². The Morgan fingerprint density at radius 1 is 0.786 bits per heavy atom. The molecule has 1 heterocycles. The summed E-state index contributed by atoms with van der Waals surface area (Å²) in [6, 6.07) is 0. The maximum atomic E-state index is 11.1. The number of nitrogens with one attached hydrogen (secondary N) is 5. The summed E-state index contributed by atoms with van der Waals surface area (Å²) in [7, 11) is -3.22. The van der Waals surface area contributed by atoms with Gasteiger partial charge in [-0.05, 0) is 19.6 Å². The van der Waals surface area contributed by atoms with Crippen molar-refractivity contribution in [2.24, 2.45) is 0 Å². The molecule has 0 unspecified atom stereocenters. The summed E-state index contributed by atoms with van der Waals surface area (Å²) in [4.78, 5) is 15.4. The monoisotopic (exact) mass is 417 g/mol. The minimum atomic E-state index is -3.22. The van der Waals surface area contributed by atoms with Crippen LogP contribution in [-0.4, -0.2) is 93.4 Å². The van der Waals surface area contributed by atoms with Gasteiger partial charge in [0.25, 0.3) is 0 Å². The number of aromatic nitrogens is 3. The van der Waals surface area contributed by atoms with Gasteiger partial charge >= 0.3 is 0 Å². The first-order chi connectivity index (χ1) is 13.4. The lowest BCUT2D eigenvalue weighted by Gasteiger charge is -2.18. The summed E-state index contributed by atoms with van der Waals surface area (Å²) in [5.74, 6) is 1.34. The largest absolute Gasteiger partial charge is 0.353 e. The molecule has 0 aromatic carbocycles. The van der Waals surface area contributed by atoms with Gasteiger partial charge in [0.2, 0.25) is 27.9 Å². The van der Waals surface area contributed by atoms with Gasteiger partial charge in [0.05, 0.1) is 6.26 Å². The van der Waals surface area contributed by atoms with E-state index < -0.39 is 10.0 Å². The lowest BCUT2D eigenvalue weighted by atomic mass is 10.4. The number of anilines is 3.